The minimum absolute atomic E-state index is 0.108. The van der Waals surface area contributed by atoms with Crippen LogP contribution in [0.1, 0.15) is 51.0 Å². The van der Waals surface area contributed by atoms with Gasteiger partial charge in [-0.25, -0.2) is 0 Å². The average Bonchev–Trinajstić information content (AvgIpc) is 3.70. The van der Waals surface area contributed by atoms with Gasteiger partial charge in [0, 0.05) is 31.9 Å². The predicted molar refractivity (Wildman–Crippen MR) is 184 cm³/mol. The van der Waals surface area contributed by atoms with Crippen LogP contribution in [0.5, 0.6) is 5.75 Å². The molecular weight excluding hydrogens is 618 g/mol. The summed E-state index contributed by atoms with van der Waals surface area (Å²) in [5.41, 5.74) is 0.904. The fourth-order valence-electron chi connectivity index (χ4n) is 7.76. The van der Waals surface area contributed by atoms with Crippen LogP contribution in [0, 0.1) is 18.8 Å². The number of halogens is 1. The molecule has 0 aromatic heterocycles. The van der Waals surface area contributed by atoms with Crippen LogP contribution in [0.25, 0.3) is 0 Å². The maximum absolute atomic E-state index is 14.9. The van der Waals surface area contributed by atoms with Gasteiger partial charge in [0.15, 0.2) is 0 Å². The van der Waals surface area contributed by atoms with Crippen LogP contribution in [-0.4, -0.2) is 78.3 Å². The van der Waals surface area contributed by atoms with Crippen molar-refractivity contribution in [2.75, 3.05) is 42.6 Å². The lowest BCUT2D eigenvalue weighted by molar-refractivity contribution is -0.140. The zero-order chi connectivity index (χ0) is 33.7. The second kappa shape index (κ2) is 15.0. The number of ether oxygens (including phenoxy) is 2. The molecule has 2 aromatic rings. The lowest BCUT2D eigenvalue weighted by atomic mass is 9.70. The highest BCUT2D eigenvalue weighted by atomic mass is 35.5. The molecule has 5 atom stereocenters. The molecule has 3 heterocycles. The summed E-state index contributed by atoms with van der Waals surface area (Å²) in [7, 11) is 0. The summed E-state index contributed by atoms with van der Waals surface area (Å²) >= 11 is 6.68. The number of carbonyl (C=O) groups is 3. The summed E-state index contributed by atoms with van der Waals surface area (Å²) in [5, 5.41) is 9.69. The zero-order valence-corrected chi connectivity index (χ0v) is 28.2. The molecule has 5 rings (SSSR count). The van der Waals surface area contributed by atoms with Crippen molar-refractivity contribution in [1.29, 1.82) is 0 Å². The summed E-state index contributed by atoms with van der Waals surface area (Å²) in [6, 6.07) is 11.8. The standard InChI is InChI=1S/C37H46ClN3O6/c1-5-21-39(26-15-17-27(18-16-26)46-7-3)34(43)30-29-19-20-37(47-29)31(30)35(44)41(23-10-8-9-11-24-42)33(37)36(45)40(22-6-2)32-25(4)13-12-14-28(32)38/h5-6,12-18,29-31,33,42H,1-2,7-11,19-24H2,3-4H3/t29-,30+,31+,33?,37?/m1/s1. The van der Waals surface area contributed by atoms with Gasteiger partial charge in [0.25, 0.3) is 5.91 Å². The van der Waals surface area contributed by atoms with Crippen LogP contribution in [0.4, 0.5) is 11.4 Å². The Hall–Kier alpha value is -3.66. The van der Waals surface area contributed by atoms with E-state index in [1.807, 2.05) is 50.2 Å². The topological polar surface area (TPSA) is 99.6 Å². The number of rotatable bonds is 16. The summed E-state index contributed by atoms with van der Waals surface area (Å²) in [6.45, 7) is 13.0. The molecule has 0 saturated carbocycles. The Morgan fingerprint density at radius 3 is 2.43 bits per heavy atom. The van der Waals surface area contributed by atoms with Gasteiger partial charge in [0.05, 0.1) is 35.3 Å². The third-order valence-corrected chi connectivity index (χ3v) is 10.0. The minimum atomic E-state index is -1.16. The van der Waals surface area contributed by atoms with E-state index in [0.717, 1.165) is 18.4 Å². The smallest absolute Gasteiger partial charge is 0.253 e. The van der Waals surface area contributed by atoms with Crippen molar-refractivity contribution in [3.05, 3.63) is 78.4 Å². The van der Waals surface area contributed by atoms with E-state index in [9.17, 15) is 19.5 Å². The van der Waals surface area contributed by atoms with E-state index in [0.29, 0.717) is 61.0 Å². The molecule has 252 valence electrons. The van der Waals surface area contributed by atoms with Crippen LogP contribution in [0.3, 0.4) is 0 Å². The molecule has 1 N–H and O–H groups in total. The Labute approximate surface area is 282 Å². The first-order valence-corrected chi connectivity index (χ1v) is 17.0. The first kappa shape index (κ1) is 34.7. The Bertz CT molecular complexity index is 1460. The number of para-hydroxylation sites is 1. The normalized spacial score (nSPS) is 24.3. The van der Waals surface area contributed by atoms with E-state index in [-0.39, 0.29) is 37.4 Å². The van der Waals surface area contributed by atoms with E-state index in [2.05, 4.69) is 13.2 Å². The number of unbranched alkanes of at least 4 members (excludes halogenated alkanes) is 3. The number of benzene rings is 2. The SMILES string of the molecule is C=CCN(C(=O)[C@@H]1[C@H]2C(=O)N(CCCCCCO)C(C(=O)N(CC=C)c3c(C)cccc3Cl)C23CC[C@H]1O3)c1ccc(OCC)cc1. The molecular formula is C37H46ClN3O6. The molecule has 2 bridgehead atoms. The van der Waals surface area contributed by atoms with Crippen molar-refractivity contribution in [3.63, 3.8) is 0 Å². The number of aliphatic hydroxyl groups is 1. The number of carbonyl (C=O) groups excluding carboxylic acids is 3. The molecule has 0 radical (unpaired) electrons. The van der Waals surface area contributed by atoms with Crippen molar-refractivity contribution in [2.45, 2.75) is 70.1 Å². The molecule has 10 heteroatoms. The van der Waals surface area contributed by atoms with Gasteiger partial charge in [-0.3, -0.25) is 14.4 Å². The largest absolute Gasteiger partial charge is 0.494 e. The van der Waals surface area contributed by atoms with Crippen molar-refractivity contribution in [2.24, 2.45) is 11.8 Å². The number of fused-ring (bicyclic) bond motifs is 1. The molecule has 3 fully saturated rings. The molecule has 3 aliphatic heterocycles. The van der Waals surface area contributed by atoms with E-state index < -0.39 is 29.6 Å². The third-order valence-electron chi connectivity index (χ3n) is 9.70. The van der Waals surface area contributed by atoms with Gasteiger partial charge in [0.2, 0.25) is 11.8 Å². The first-order chi connectivity index (χ1) is 22.7. The number of likely N-dealkylation sites (tertiary alicyclic amines) is 1. The quantitative estimate of drug-likeness (QED) is 0.182. The molecule has 0 aliphatic carbocycles. The Morgan fingerprint density at radius 1 is 1.06 bits per heavy atom. The molecule has 1 spiro atoms. The zero-order valence-electron chi connectivity index (χ0n) is 27.4. The number of hydrogen-bond donors (Lipinski definition) is 1. The fraction of sp³-hybridized carbons (Fsp3) is 0.486. The summed E-state index contributed by atoms with van der Waals surface area (Å²) < 4.78 is 12.3. The van der Waals surface area contributed by atoms with Gasteiger partial charge < -0.3 is 29.3 Å². The third kappa shape index (κ3) is 6.45. The average molecular weight is 664 g/mol. The highest BCUT2D eigenvalue weighted by Gasteiger charge is 2.75. The molecule has 2 aromatic carbocycles. The maximum atomic E-state index is 14.9. The van der Waals surface area contributed by atoms with Crippen LogP contribution in [0.2, 0.25) is 5.02 Å². The van der Waals surface area contributed by atoms with Crippen LogP contribution < -0.4 is 14.5 Å². The number of aryl methyl sites for hydroxylation is 1. The van der Waals surface area contributed by atoms with E-state index in [1.54, 1.807) is 32.9 Å². The monoisotopic (exact) mass is 663 g/mol. The van der Waals surface area contributed by atoms with Gasteiger partial charge in [0.1, 0.15) is 17.4 Å². The molecule has 47 heavy (non-hydrogen) atoms. The van der Waals surface area contributed by atoms with Crippen LogP contribution in [-0.2, 0) is 19.1 Å². The molecule has 3 aliphatic rings. The number of anilines is 2. The van der Waals surface area contributed by atoms with Crippen molar-refractivity contribution in [3.8, 4) is 5.75 Å². The van der Waals surface area contributed by atoms with Gasteiger partial charge in [-0.2, -0.15) is 0 Å². The van der Waals surface area contributed by atoms with E-state index >= 15 is 0 Å². The predicted octanol–water partition coefficient (Wildman–Crippen LogP) is 5.71. The lowest BCUT2D eigenvalue weighted by Gasteiger charge is -2.37. The number of aliphatic hydroxyl groups excluding tert-OH is 1. The summed E-state index contributed by atoms with van der Waals surface area (Å²) in [5.74, 6) is -1.62. The van der Waals surface area contributed by atoms with Crippen LogP contribution >= 0.6 is 11.6 Å². The van der Waals surface area contributed by atoms with Crippen LogP contribution in [0.15, 0.2) is 67.8 Å². The fourth-order valence-corrected chi connectivity index (χ4v) is 8.08. The second-order valence-corrected chi connectivity index (χ2v) is 12.9. The van der Waals surface area contributed by atoms with Crippen molar-refractivity contribution in [1.82, 2.24) is 4.90 Å². The number of hydrogen-bond acceptors (Lipinski definition) is 6. The highest BCUT2D eigenvalue weighted by molar-refractivity contribution is 6.34. The summed E-state index contributed by atoms with van der Waals surface area (Å²) in [6.07, 6.45) is 6.80. The van der Waals surface area contributed by atoms with Gasteiger partial charge in [-0.1, -0.05) is 48.7 Å². The Kier molecular flexibility index (Phi) is 11.1. The second-order valence-electron chi connectivity index (χ2n) is 12.5. The van der Waals surface area contributed by atoms with Gasteiger partial charge >= 0.3 is 0 Å². The van der Waals surface area contributed by atoms with Crippen molar-refractivity contribution < 1.29 is 29.0 Å². The summed E-state index contributed by atoms with van der Waals surface area (Å²) in [4.78, 5) is 48.9. The van der Waals surface area contributed by atoms with Crippen molar-refractivity contribution >= 4 is 40.7 Å². The number of amides is 3. The van der Waals surface area contributed by atoms with Gasteiger partial charge in [-0.05, 0) is 75.4 Å². The maximum Gasteiger partial charge on any atom is 0.253 e. The molecule has 3 saturated heterocycles. The number of nitrogens with zero attached hydrogens (tertiary/aromatic N) is 3. The van der Waals surface area contributed by atoms with Gasteiger partial charge in [-0.15, -0.1) is 13.2 Å². The van der Waals surface area contributed by atoms with E-state index in [1.165, 1.54) is 0 Å². The molecule has 3 amide bonds. The minimum Gasteiger partial charge on any atom is -0.494 e. The Balaban J connectivity index is 1.53. The Morgan fingerprint density at radius 2 is 1.77 bits per heavy atom. The first-order valence-electron chi connectivity index (χ1n) is 16.7. The molecule has 2 unspecified atom stereocenters. The highest BCUT2D eigenvalue weighted by Crippen LogP contribution is 2.59. The molecule has 9 nitrogen and oxygen atoms in total. The lowest BCUT2D eigenvalue weighted by Crippen LogP contribution is -2.57. The van der Waals surface area contributed by atoms with E-state index in [4.69, 9.17) is 21.1 Å².